The molecule has 11 rings (SSSR count). The Morgan fingerprint density at radius 1 is 0.674 bits per heavy atom. The summed E-state index contributed by atoms with van der Waals surface area (Å²) >= 11 is 6.20. The zero-order valence-electron chi connectivity index (χ0n) is 53.8. The maximum absolute atomic E-state index is 6.20. The predicted molar refractivity (Wildman–Crippen MR) is 349 cm³/mol. The summed E-state index contributed by atoms with van der Waals surface area (Å²) in [7, 11) is 5.69. The highest BCUT2D eigenvalue weighted by molar-refractivity contribution is 6.30. The van der Waals surface area contributed by atoms with Gasteiger partial charge in [-0.15, -0.1) is 4.68 Å². The van der Waals surface area contributed by atoms with Crippen molar-refractivity contribution in [2.45, 2.75) is 161 Å². The molecule has 19 heteroatoms. The van der Waals surface area contributed by atoms with Crippen molar-refractivity contribution in [3.8, 4) is 39.1 Å². The fraction of sp³-hybridized carbons (Fsp3) is 0.448. The summed E-state index contributed by atoms with van der Waals surface area (Å²) in [6, 6.07) is 21.1. The number of hydrogen-bond acceptors (Lipinski definition) is 14. The first-order chi connectivity index (χ1) is 41.3. The lowest BCUT2D eigenvalue weighted by molar-refractivity contribution is -0.760. The van der Waals surface area contributed by atoms with Crippen LogP contribution in [-0.2, 0) is 6.54 Å². The minimum Gasteiger partial charge on any atom is -0.497 e. The Kier molecular flexibility index (Phi) is 19.6. The van der Waals surface area contributed by atoms with Crippen LogP contribution in [0, 0.1) is 62.3 Å². The van der Waals surface area contributed by atoms with Crippen LogP contribution < -0.4 is 29.4 Å². The van der Waals surface area contributed by atoms with E-state index < -0.39 is 0 Å². The van der Waals surface area contributed by atoms with Gasteiger partial charge in [-0.2, -0.15) is 24.2 Å². The van der Waals surface area contributed by atoms with Crippen molar-refractivity contribution in [3.05, 3.63) is 135 Å². The second-order valence-electron chi connectivity index (χ2n) is 23.1. The molecule has 8 aromatic heterocycles. The minimum atomic E-state index is -0.119. The fourth-order valence-corrected chi connectivity index (χ4v) is 12.2. The monoisotopic (exact) mass is 1180 g/mol. The molecule has 0 fully saturated rings. The molecule has 1 N–H and O–H groups in total. The Bertz CT molecular complexity index is 3990. The van der Waals surface area contributed by atoms with Gasteiger partial charge in [0.1, 0.15) is 29.2 Å². The molecule has 10 aromatic rings. The van der Waals surface area contributed by atoms with Gasteiger partial charge in [0.05, 0.1) is 36.2 Å². The molecular formula is C67H88ClN16O2+. The average Bonchev–Trinajstić information content (AvgIpc) is 1.70. The number of nitrogens with one attached hydrogen (secondary N) is 1. The summed E-state index contributed by atoms with van der Waals surface area (Å²) in [4.78, 5) is 30.7. The lowest BCUT2D eigenvalue weighted by Gasteiger charge is -2.34. The molecule has 1 aliphatic rings. The molecule has 86 heavy (non-hydrogen) atoms. The van der Waals surface area contributed by atoms with Crippen LogP contribution in [0.15, 0.2) is 77.6 Å². The molecule has 0 radical (unpaired) electrons. The third-order valence-corrected chi connectivity index (χ3v) is 16.3. The van der Waals surface area contributed by atoms with Crippen LogP contribution in [0.4, 0.5) is 23.3 Å². The minimum absolute atomic E-state index is 0.119. The molecular weight excluding hydrogens is 1100 g/mol. The molecule has 0 aliphatic carbocycles. The first-order valence-electron chi connectivity index (χ1n) is 30.6. The van der Waals surface area contributed by atoms with Gasteiger partial charge in [0.15, 0.2) is 29.5 Å². The molecule has 1 unspecified atom stereocenters. The van der Waals surface area contributed by atoms with Gasteiger partial charge in [0.25, 0.3) is 0 Å². The Balaban J connectivity index is 0.000000154. The summed E-state index contributed by atoms with van der Waals surface area (Å²) in [5.74, 6) is 6.20. The van der Waals surface area contributed by atoms with E-state index in [1.165, 1.54) is 53.8 Å². The number of rotatable bonds is 19. The predicted octanol–water partition coefficient (Wildman–Crippen LogP) is 14.3. The van der Waals surface area contributed by atoms with Gasteiger partial charge < -0.3 is 29.3 Å². The second kappa shape index (κ2) is 27.1. The third-order valence-electron chi connectivity index (χ3n) is 16.0. The Hall–Kier alpha value is -8.12. The molecule has 2 aromatic carbocycles. The van der Waals surface area contributed by atoms with Gasteiger partial charge in [-0.1, -0.05) is 80.9 Å². The van der Waals surface area contributed by atoms with Gasteiger partial charge >= 0.3 is 0 Å². The van der Waals surface area contributed by atoms with Crippen LogP contribution in [-0.4, -0.2) is 101 Å². The number of aromatic nitrogens is 12. The van der Waals surface area contributed by atoms with Crippen molar-refractivity contribution < 1.29 is 13.9 Å². The molecule has 0 amide bonds. The molecule has 1 aliphatic heterocycles. The van der Waals surface area contributed by atoms with Gasteiger partial charge in [0.2, 0.25) is 17.7 Å². The van der Waals surface area contributed by atoms with E-state index >= 15 is 0 Å². The summed E-state index contributed by atoms with van der Waals surface area (Å²) < 4.78 is 19.3. The zero-order chi connectivity index (χ0) is 61.7. The number of nitrogens with zero attached hydrogens (tertiary/aromatic N) is 15. The molecule has 0 saturated carbocycles. The van der Waals surface area contributed by atoms with Crippen LogP contribution in [0.1, 0.15) is 142 Å². The number of methoxy groups -OCH3 is 1. The number of ether oxygens (including phenoxy) is 1. The molecule has 0 spiro atoms. The van der Waals surface area contributed by atoms with E-state index in [9.17, 15) is 0 Å². The first kappa shape index (κ1) is 62.4. The maximum Gasteiger partial charge on any atom is 0.249 e. The van der Waals surface area contributed by atoms with Gasteiger partial charge in [-0.25, -0.2) is 19.9 Å². The SMILES string of the molecule is CCC(Nc1cc(C)nc2c(-c3ccc(OC)cc3C)c(C)nn12)c1nc(C)no1.CCCC(CCC)N1CC[n+]2cc(-c3ccc(Cl)cc3C)c3nc(C)cc1n32.CCCN(CCC)c1cc(C)nc2c(-c3cnc(N(C)C)cc3C)c(C)nn12. The van der Waals surface area contributed by atoms with Crippen LogP contribution >= 0.6 is 11.6 Å². The van der Waals surface area contributed by atoms with Gasteiger partial charge in [0, 0.05) is 90.9 Å². The van der Waals surface area contributed by atoms with Gasteiger partial charge in [-0.05, 0) is 153 Å². The van der Waals surface area contributed by atoms with E-state index in [1.54, 1.807) is 7.11 Å². The quantitative estimate of drug-likeness (QED) is 0.0760. The molecule has 0 bridgehead atoms. The summed E-state index contributed by atoms with van der Waals surface area (Å²) in [5, 5.41) is 17.9. The van der Waals surface area contributed by atoms with Crippen molar-refractivity contribution in [1.82, 2.24) is 53.8 Å². The Morgan fingerprint density at radius 2 is 1.29 bits per heavy atom. The van der Waals surface area contributed by atoms with E-state index in [-0.39, 0.29) is 6.04 Å². The summed E-state index contributed by atoms with van der Waals surface area (Å²) in [6.07, 6.45) is 12.1. The van der Waals surface area contributed by atoms with E-state index in [0.717, 1.165) is 147 Å². The molecule has 0 saturated heterocycles. The van der Waals surface area contributed by atoms with Crippen molar-refractivity contribution in [3.63, 3.8) is 0 Å². The average molecular weight is 1190 g/mol. The van der Waals surface area contributed by atoms with Crippen molar-refractivity contribution in [1.29, 1.82) is 0 Å². The second-order valence-corrected chi connectivity index (χ2v) is 23.6. The van der Waals surface area contributed by atoms with Crippen molar-refractivity contribution in [2.24, 2.45) is 0 Å². The molecule has 454 valence electrons. The van der Waals surface area contributed by atoms with Crippen LogP contribution in [0.2, 0.25) is 5.02 Å². The van der Waals surface area contributed by atoms with E-state index in [4.69, 9.17) is 46.0 Å². The highest BCUT2D eigenvalue weighted by Crippen LogP contribution is 2.37. The number of fused-ring (bicyclic) bond motifs is 2. The molecule has 1 atom stereocenters. The fourth-order valence-electron chi connectivity index (χ4n) is 12.0. The van der Waals surface area contributed by atoms with Crippen molar-refractivity contribution >= 4 is 51.8 Å². The first-order valence-corrected chi connectivity index (χ1v) is 31.0. The smallest absolute Gasteiger partial charge is 0.249 e. The lowest BCUT2D eigenvalue weighted by Crippen LogP contribution is -2.53. The topological polar surface area (TPSA) is 164 Å². The zero-order valence-corrected chi connectivity index (χ0v) is 54.5. The van der Waals surface area contributed by atoms with Crippen LogP contribution in [0.3, 0.4) is 0 Å². The number of aryl methyl sites for hydroxylation is 9. The summed E-state index contributed by atoms with van der Waals surface area (Å²) in [6.45, 7) is 33.5. The third kappa shape index (κ3) is 13.0. The number of pyridine rings is 1. The maximum atomic E-state index is 6.20. The number of anilines is 4. The van der Waals surface area contributed by atoms with Crippen LogP contribution in [0.25, 0.3) is 50.3 Å². The normalized spacial score (nSPS) is 12.4. The number of halogens is 1. The van der Waals surface area contributed by atoms with E-state index in [0.29, 0.717) is 17.8 Å². The molecule has 9 heterocycles. The Labute approximate surface area is 512 Å². The van der Waals surface area contributed by atoms with Crippen LogP contribution in [0.5, 0.6) is 5.75 Å². The summed E-state index contributed by atoms with van der Waals surface area (Å²) in [5.41, 5.74) is 17.8. The standard InChI is InChI=1S/C23H30ClN4.C22H26N6O2.C22H32N6/c1-5-7-19(8-6-2)27-12-11-26-15-21(20-10-9-18(24)13-16(20)3)23-25-17(4)14-22(27)28(23)26;1-7-18(22-24-15(5)27-30-22)25-19-11-13(3)23-21-20(14(4)26-28(19)21)17-9-8-16(29-6)10-12(17)2;1-8-10-27(11-9-2)20-13-16(4)24-22-21(17(5)25-28(20)22)18-14-23-19(26(6)7)12-15(18)3/h9-10,13-15,19H,5-8,11-12H2,1-4H3;8-11,18,25H,7H2,1-6H3;12-14H,8-11H2,1-7H3/q+1;;. The number of hydrogen-bond donors (Lipinski definition) is 1. The highest BCUT2D eigenvalue weighted by atomic mass is 35.5. The highest BCUT2D eigenvalue weighted by Gasteiger charge is 2.33. The Morgan fingerprint density at radius 3 is 1.90 bits per heavy atom. The lowest BCUT2D eigenvalue weighted by atomic mass is 10.0. The largest absolute Gasteiger partial charge is 0.497 e. The molecule has 18 nitrogen and oxygen atoms in total. The van der Waals surface area contributed by atoms with Crippen molar-refractivity contribution in [2.75, 3.05) is 60.9 Å². The van der Waals surface area contributed by atoms with E-state index in [1.807, 2.05) is 85.3 Å². The number of benzene rings is 2. The van der Waals surface area contributed by atoms with Gasteiger partial charge in [-0.3, -0.25) is 0 Å². The van der Waals surface area contributed by atoms with E-state index in [2.05, 4.69) is 152 Å².